The highest BCUT2D eigenvalue weighted by molar-refractivity contribution is 14.1. The van der Waals surface area contributed by atoms with Crippen LogP contribution < -0.4 is 5.32 Å². The summed E-state index contributed by atoms with van der Waals surface area (Å²) in [5.74, 6) is 0. The minimum absolute atomic E-state index is 0.512. The number of rotatable bonds is 7. The lowest BCUT2D eigenvalue weighted by Crippen LogP contribution is -2.32. The van der Waals surface area contributed by atoms with Gasteiger partial charge in [-0.3, -0.25) is 0 Å². The summed E-state index contributed by atoms with van der Waals surface area (Å²) >= 11 is 2.36. The van der Waals surface area contributed by atoms with Gasteiger partial charge >= 0.3 is 0 Å². The third-order valence-corrected chi connectivity index (χ3v) is 4.47. The molecule has 1 heterocycles. The molecule has 2 atom stereocenters. The molecule has 0 aliphatic carbocycles. The number of nitrogens with one attached hydrogen (secondary N) is 1. The van der Waals surface area contributed by atoms with Gasteiger partial charge in [-0.05, 0) is 78.9 Å². The summed E-state index contributed by atoms with van der Waals surface area (Å²) in [6.07, 6.45) is 6.54. The molecule has 19 heavy (non-hydrogen) atoms. The van der Waals surface area contributed by atoms with E-state index in [-0.39, 0.29) is 0 Å². The van der Waals surface area contributed by atoms with Gasteiger partial charge in [0.05, 0.1) is 6.10 Å². The molecular weight excluding hydrogens is 349 g/mol. The Hall–Kier alpha value is -0.130. The maximum absolute atomic E-state index is 5.72. The van der Waals surface area contributed by atoms with Crippen molar-refractivity contribution in [3.8, 4) is 0 Å². The van der Waals surface area contributed by atoms with Crippen LogP contribution in [0.5, 0.6) is 0 Å². The van der Waals surface area contributed by atoms with Crippen LogP contribution in [0.2, 0.25) is 0 Å². The summed E-state index contributed by atoms with van der Waals surface area (Å²) < 4.78 is 7.02. The first-order valence-electron chi connectivity index (χ1n) is 7.37. The first-order valence-corrected chi connectivity index (χ1v) is 8.45. The molecule has 1 fully saturated rings. The minimum atomic E-state index is 0.512. The third kappa shape index (κ3) is 5.40. The van der Waals surface area contributed by atoms with Crippen molar-refractivity contribution in [2.45, 2.75) is 51.2 Å². The Morgan fingerprint density at radius 2 is 2.16 bits per heavy atom. The van der Waals surface area contributed by atoms with E-state index in [0.29, 0.717) is 12.1 Å². The number of hydrogen-bond donors (Lipinski definition) is 1. The van der Waals surface area contributed by atoms with Gasteiger partial charge < -0.3 is 10.1 Å². The van der Waals surface area contributed by atoms with Crippen LogP contribution in [0.15, 0.2) is 24.3 Å². The SMILES string of the molecule is CCNC(CCC1CCCO1)Cc1ccc(I)cc1. The molecule has 1 N–H and O–H groups in total. The van der Waals surface area contributed by atoms with E-state index in [4.69, 9.17) is 4.74 Å². The molecule has 2 unspecified atom stereocenters. The second-order valence-corrected chi connectivity index (χ2v) is 6.54. The van der Waals surface area contributed by atoms with E-state index < -0.39 is 0 Å². The van der Waals surface area contributed by atoms with Crippen LogP contribution in [0, 0.1) is 3.57 Å². The van der Waals surface area contributed by atoms with E-state index in [1.807, 2.05) is 0 Å². The predicted molar refractivity (Wildman–Crippen MR) is 88.5 cm³/mol. The Labute approximate surface area is 130 Å². The second kappa shape index (κ2) is 8.22. The summed E-state index contributed by atoms with van der Waals surface area (Å²) in [6, 6.07) is 9.46. The van der Waals surface area contributed by atoms with Crippen molar-refractivity contribution < 1.29 is 4.74 Å². The summed E-state index contributed by atoms with van der Waals surface area (Å²) in [5.41, 5.74) is 1.43. The van der Waals surface area contributed by atoms with Gasteiger partial charge in [-0.15, -0.1) is 0 Å². The molecule has 3 heteroatoms. The fourth-order valence-electron chi connectivity index (χ4n) is 2.73. The largest absolute Gasteiger partial charge is 0.378 e. The highest BCUT2D eigenvalue weighted by Crippen LogP contribution is 2.19. The molecule has 1 aromatic rings. The lowest BCUT2D eigenvalue weighted by Gasteiger charge is -2.20. The van der Waals surface area contributed by atoms with Crippen LogP contribution >= 0.6 is 22.6 Å². The second-order valence-electron chi connectivity index (χ2n) is 5.30. The van der Waals surface area contributed by atoms with Gasteiger partial charge in [-0.1, -0.05) is 19.1 Å². The van der Waals surface area contributed by atoms with Gasteiger partial charge in [-0.25, -0.2) is 0 Å². The normalized spacial score (nSPS) is 20.6. The quantitative estimate of drug-likeness (QED) is 0.735. The van der Waals surface area contributed by atoms with Crippen molar-refractivity contribution in [3.63, 3.8) is 0 Å². The minimum Gasteiger partial charge on any atom is -0.378 e. The number of ether oxygens (including phenoxy) is 1. The summed E-state index contributed by atoms with van der Waals surface area (Å²) in [7, 11) is 0. The van der Waals surface area contributed by atoms with Crippen LogP contribution in [-0.4, -0.2) is 25.3 Å². The summed E-state index contributed by atoms with van der Waals surface area (Å²) in [4.78, 5) is 0. The van der Waals surface area contributed by atoms with Crippen molar-refractivity contribution in [1.29, 1.82) is 0 Å². The monoisotopic (exact) mass is 373 g/mol. The van der Waals surface area contributed by atoms with Gasteiger partial charge in [0.15, 0.2) is 0 Å². The number of hydrogen-bond acceptors (Lipinski definition) is 2. The van der Waals surface area contributed by atoms with Crippen LogP contribution in [0.3, 0.4) is 0 Å². The highest BCUT2D eigenvalue weighted by atomic mass is 127. The van der Waals surface area contributed by atoms with Crippen molar-refractivity contribution in [3.05, 3.63) is 33.4 Å². The van der Waals surface area contributed by atoms with Crippen LogP contribution in [-0.2, 0) is 11.2 Å². The Bertz CT molecular complexity index is 360. The molecule has 0 spiro atoms. The Morgan fingerprint density at radius 3 is 2.79 bits per heavy atom. The van der Waals surface area contributed by atoms with Crippen molar-refractivity contribution in [2.24, 2.45) is 0 Å². The maximum Gasteiger partial charge on any atom is 0.0576 e. The van der Waals surface area contributed by atoms with E-state index >= 15 is 0 Å². The zero-order valence-corrected chi connectivity index (χ0v) is 13.9. The van der Waals surface area contributed by atoms with Crippen LogP contribution in [0.25, 0.3) is 0 Å². The number of benzene rings is 1. The topological polar surface area (TPSA) is 21.3 Å². The molecular formula is C16H24INO. The van der Waals surface area contributed by atoms with Gasteiger partial charge in [0.1, 0.15) is 0 Å². The Morgan fingerprint density at radius 1 is 1.37 bits per heavy atom. The highest BCUT2D eigenvalue weighted by Gasteiger charge is 2.17. The maximum atomic E-state index is 5.72. The molecule has 1 aromatic carbocycles. The summed E-state index contributed by atoms with van der Waals surface area (Å²) in [5, 5.41) is 3.61. The molecule has 2 rings (SSSR count). The Balaban J connectivity index is 1.82. The molecule has 0 amide bonds. The number of likely N-dealkylation sites (N-methyl/N-ethyl adjacent to an activating group) is 1. The van der Waals surface area contributed by atoms with E-state index in [1.54, 1.807) is 0 Å². The molecule has 1 aliphatic heterocycles. The third-order valence-electron chi connectivity index (χ3n) is 3.75. The lowest BCUT2D eigenvalue weighted by atomic mass is 9.99. The standard InChI is InChI=1S/C16H24INO/c1-2-18-15(9-10-16-4-3-11-19-16)12-13-5-7-14(17)8-6-13/h5-8,15-16,18H,2-4,9-12H2,1H3. The molecule has 1 aliphatic rings. The first kappa shape index (κ1) is 15.3. The average molecular weight is 373 g/mol. The smallest absolute Gasteiger partial charge is 0.0576 e. The van der Waals surface area contributed by atoms with Crippen molar-refractivity contribution in [2.75, 3.05) is 13.2 Å². The molecule has 0 bridgehead atoms. The van der Waals surface area contributed by atoms with Crippen LogP contribution in [0.4, 0.5) is 0 Å². The zero-order chi connectivity index (χ0) is 13.5. The number of halogens is 1. The molecule has 0 radical (unpaired) electrons. The van der Waals surface area contributed by atoms with Gasteiger partial charge in [0, 0.05) is 16.2 Å². The molecule has 2 nitrogen and oxygen atoms in total. The fraction of sp³-hybridized carbons (Fsp3) is 0.625. The molecule has 0 aromatic heterocycles. The van der Waals surface area contributed by atoms with E-state index in [1.165, 1.54) is 34.8 Å². The van der Waals surface area contributed by atoms with E-state index in [9.17, 15) is 0 Å². The average Bonchev–Trinajstić information content (AvgIpc) is 2.92. The lowest BCUT2D eigenvalue weighted by molar-refractivity contribution is 0.0996. The molecule has 106 valence electrons. The van der Waals surface area contributed by atoms with Gasteiger partial charge in [0.2, 0.25) is 0 Å². The van der Waals surface area contributed by atoms with Crippen molar-refractivity contribution >= 4 is 22.6 Å². The van der Waals surface area contributed by atoms with Crippen molar-refractivity contribution in [1.82, 2.24) is 5.32 Å². The fourth-order valence-corrected chi connectivity index (χ4v) is 3.09. The molecule has 0 saturated carbocycles. The Kier molecular flexibility index (Phi) is 6.61. The van der Waals surface area contributed by atoms with Crippen LogP contribution in [0.1, 0.15) is 38.2 Å². The van der Waals surface area contributed by atoms with E-state index in [0.717, 1.165) is 19.6 Å². The van der Waals surface area contributed by atoms with Gasteiger partial charge in [-0.2, -0.15) is 0 Å². The van der Waals surface area contributed by atoms with Gasteiger partial charge in [0.25, 0.3) is 0 Å². The molecule has 1 saturated heterocycles. The van der Waals surface area contributed by atoms with E-state index in [2.05, 4.69) is 59.1 Å². The first-order chi connectivity index (χ1) is 9.28. The predicted octanol–water partition coefficient (Wildman–Crippen LogP) is 3.77. The zero-order valence-electron chi connectivity index (χ0n) is 11.7. The summed E-state index contributed by atoms with van der Waals surface area (Å²) in [6.45, 7) is 4.20.